The maximum atomic E-state index is 13.0. The third kappa shape index (κ3) is 4.48. The molecule has 3 heterocycles. The molecule has 2 aromatic heterocycles. The molecular weight excluding hydrogens is 426 g/mol. The van der Waals surface area contributed by atoms with E-state index >= 15 is 0 Å². The van der Waals surface area contributed by atoms with Gasteiger partial charge in [0, 0.05) is 82.2 Å². The summed E-state index contributed by atoms with van der Waals surface area (Å²) in [5.41, 5.74) is 5.66. The van der Waals surface area contributed by atoms with Crippen LogP contribution in [0.3, 0.4) is 0 Å². The number of rotatable bonds is 6. The monoisotopic (exact) mass is 463 g/mol. The second kappa shape index (κ2) is 9.65. The summed E-state index contributed by atoms with van der Waals surface area (Å²) in [5, 5.41) is 5.36. The van der Waals surface area contributed by atoms with Crippen molar-refractivity contribution >= 4 is 22.7 Å². The van der Waals surface area contributed by atoms with E-state index in [-0.39, 0.29) is 17.7 Å². The van der Waals surface area contributed by atoms with Crippen molar-refractivity contribution in [1.82, 2.24) is 24.1 Å². The number of nitrogens with zero attached hydrogens (tertiary/aromatic N) is 5. The van der Waals surface area contributed by atoms with Gasteiger partial charge in [0.25, 0.3) is 5.91 Å². The van der Waals surface area contributed by atoms with Crippen LogP contribution in [0.25, 0.3) is 10.9 Å². The molecule has 1 atom stereocenters. The minimum absolute atomic E-state index is 0.0280. The third-order valence-electron chi connectivity index (χ3n) is 7.17. The van der Waals surface area contributed by atoms with Gasteiger partial charge >= 0.3 is 0 Å². The number of carbonyl (C=O) groups excluding carboxylic acids is 2. The van der Waals surface area contributed by atoms with E-state index in [1.165, 1.54) is 22.3 Å². The molecule has 0 bridgehead atoms. The van der Waals surface area contributed by atoms with E-state index in [0.29, 0.717) is 18.9 Å². The van der Waals surface area contributed by atoms with Crippen LogP contribution >= 0.6 is 0 Å². The number of hydrogen-bond donors (Lipinski definition) is 0. The van der Waals surface area contributed by atoms with E-state index in [1.54, 1.807) is 25.2 Å². The Morgan fingerprint density at radius 3 is 2.65 bits per heavy atom. The predicted octanol–water partition coefficient (Wildman–Crippen LogP) is 4.30. The van der Waals surface area contributed by atoms with Crippen molar-refractivity contribution in [3.63, 3.8) is 0 Å². The van der Waals surface area contributed by atoms with Gasteiger partial charge in [-0.15, -0.1) is 0 Å². The molecule has 34 heavy (non-hydrogen) atoms. The van der Waals surface area contributed by atoms with Crippen molar-refractivity contribution in [2.45, 2.75) is 58.4 Å². The van der Waals surface area contributed by atoms with Gasteiger partial charge in [-0.05, 0) is 55.0 Å². The Hall–Kier alpha value is -3.09. The minimum atomic E-state index is 0.0280. The lowest BCUT2D eigenvalue weighted by atomic mass is 9.91. The number of aromatic nitrogens is 3. The molecule has 0 saturated carbocycles. The van der Waals surface area contributed by atoms with E-state index in [1.807, 2.05) is 21.8 Å². The summed E-state index contributed by atoms with van der Waals surface area (Å²) in [6.07, 6.45) is 6.17. The molecule has 0 N–H and O–H groups in total. The van der Waals surface area contributed by atoms with Crippen LogP contribution in [0.5, 0.6) is 0 Å². The van der Waals surface area contributed by atoms with E-state index in [2.05, 4.69) is 49.6 Å². The zero-order valence-electron chi connectivity index (χ0n) is 21.3. The second-order valence-electron chi connectivity index (χ2n) is 10.1. The first-order valence-corrected chi connectivity index (χ1v) is 12.3. The Balaban J connectivity index is 1.66. The Labute approximate surface area is 202 Å². The highest BCUT2D eigenvalue weighted by Gasteiger charge is 2.30. The summed E-state index contributed by atoms with van der Waals surface area (Å²) in [5.74, 6) is 0.802. The van der Waals surface area contributed by atoms with Gasteiger partial charge in [-0.1, -0.05) is 13.8 Å². The Kier molecular flexibility index (Phi) is 6.82. The fraction of sp³-hybridized carbons (Fsp3) is 0.519. The molecule has 4 rings (SSSR count). The topological polar surface area (TPSA) is 63.4 Å². The van der Waals surface area contributed by atoms with Gasteiger partial charge in [0.15, 0.2) is 0 Å². The first-order chi connectivity index (χ1) is 16.2. The minimum Gasteiger partial charge on any atom is -0.347 e. The molecule has 1 aromatic carbocycles. The van der Waals surface area contributed by atoms with Gasteiger partial charge in [-0.3, -0.25) is 14.3 Å². The molecule has 182 valence electrons. The van der Waals surface area contributed by atoms with Gasteiger partial charge in [-0.25, -0.2) is 0 Å². The summed E-state index contributed by atoms with van der Waals surface area (Å²) in [6.45, 7) is 8.70. The van der Waals surface area contributed by atoms with E-state index in [4.69, 9.17) is 0 Å². The van der Waals surface area contributed by atoms with Crippen molar-refractivity contribution in [2.24, 2.45) is 7.05 Å². The van der Waals surface area contributed by atoms with Gasteiger partial charge in [0.05, 0.1) is 5.52 Å². The van der Waals surface area contributed by atoms with E-state index in [9.17, 15) is 9.59 Å². The second-order valence-corrected chi connectivity index (χ2v) is 10.1. The van der Waals surface area contributed by atoms with Crippen molar-refractivity contribution in [1.29, 1.82) is 0 Å². The highest BCUT2D eigenvalue weighted by atomic mass is 16.2. The number of carbonyl (C=O) groups is 2. The van der Waals surface area contributed by atoms with Crippen molar-refractivity contribution in [2.75, 3.05) is 27.2 Å². The number of benzene rings is 1. The Morgan fingerprint density at radius 1 is 1.24 bits per heavy atom. The number of piperidine rings is 1. The number of likely N-dealkylation sites (tertiary alicyclic amines) is 1. The Bertz CT molecular complexity index is 1190. The fourth-order valence-corrected chi connectivity index (χ4v) is 5.46. The van der Waals surface area contributed by atoms with Crippen LogP contribution < -0.4 is 0 Å². The van der Waals surface area contributed by atoms with E-state index in [0.717, 1.165) is 36.9 Å². The molecule has 1 aliphatic rings. The van der Waals surface area contributed by atoms with Crippen LogP contribution in [0.15, 0.2) is 30.6 Å². The standard InChI is InChI=1S/C27H37N5O2/c1-18(2)22-15-21(27(34)29(4)5)16-23-19(3)25(30(6)26(22)23)20-9-7-12-31(17-20)24(33)10-14-32-13-8-11-28-32/h8,11,13,15-16,18,20H,7,9-10,12,14,17H2,1-6H3. The van der Waals surface area contributed by atoms with Crippen LogP contribution in [0, 0.1) is 6.92 Å². The maximum absolute atomic E-state index is 13.0. The highest BCUT2D eigenvalue weighted by molar-refractivity contribution is 6.00. The summed E-state index contributed by atoms with van der Waals surface area (Å²) in [7, 11) is 5.73. The summed E-state index contributed by atoms with van der Waals surface area (Å²) < 4.78 is 4.14. The zero-order chi connectivity index (χ0) is 24.6. The quantitative estimate of drug-likeness (QED) is 0.547. The third-order valence-corrected chi connectivity index (χ3v) is 7.17. The van der Waals surface area contributed by atoms with Gasteiger partial charge in [-0.2, -0.15) is 5.10 Å². The zero-order valence-corrected chi connectivity index (χ0v) is 21.3. The number of fused-ring (bicyclic) bond motifs is 1. The SMILES string of the molecule is Cc1c(C2CCCN(C(=O)CCn3cccn3)C2)n(C)c2c(C(C)C)cc(C(=O)N(C)C)cc12. The Morgan fingerprint density at radius 2 is 2.00 bits per heavy atom. The van der Waals surface area contributed by atoms with Crippen LogP contribution in [-0.2, 0) is 18.4 Å². The highest BCUT2D eigenvalue weighted by Crippen LogP contribution is 2.38. The maximum Gasteiger partial charge on any atom is 0.253 e. The van der Waals surface area contributed by atoms with Crippen molar-refractivity contribution in [3.05, 3.63) is 53.0 Å². The van der Waals surface area contributed by atoms with Crippen LogP contribution in [0.2, 0.25) is 0 Å². The smallest absolute Gasteiger partial charge is 0.253 e. The predicted molar refractivity (Wildman–Crippen MR) is 135 cm³/mol. The fourth-order valence-electron chi connectivity index (χ4n) is 5.46. The molecule has 1 unspecified atom stereocenters. The lowest BCUT2D eigenvalue weighted by Gasteiger charge is -2.33. The number of amides is 2. The molecule has 7 heteroatoms. The molecule has 1 fully saturated rings. The number of aryl methyl sites for hydroxylation is 3. The molecule has 0 spiro atoms. The molecule has 3 aromatic rings. The molecule has 0 aliphatic carbocycles. The molecule has 2 amide bonds. The van der Waals surface area contributed by atoms with Crippen LogP contribution in [-0.4, -0.2) is 63.1 Å². The van der Waals surface area contributed by atoms with Gasteiger partial charge in [0.1, 0.15) is 0 Å². The number of hydrogen-bond acceptors (Lipinski definition) is 3. The lowest BCUT2D eigenvalue weighted by molar-refractivity contribution is -0.132. The van der Waals surface area contributed by atoms with Crippen molar-refractivity contribution in [3.8, 4) is 0 Å². The average Bonchev–Trinajstić information content (AvgIpc) is 3.42. The molecule has 1 aliphatic heterocycles. The van der Waals surface area contributed by atoms with Gasteiger partial charge in [0.2, 0.25) is 5.91 Å². The van der Waals surface area contributed by atoms with Gasteiger partial charge < -0.3 is 14.4 Å². The normalized spacial score (nSPS) is 16.4. The lowest BCUT2D eigenvalue weighted by Crippen LogP contribution is -2.40. The summed E-state index contributed by atoms with van der Waals surface area (Å²) in [4.78, 5) is 29.4. The van der Waals surface area contributed by atoms with Crippen molar-refractivity contribution < 1.29 is 9.59 Å². The molecular formula is C27H37N5O2. The largest absolute Gasteiger partial charge is 0.347 e. The van der Waals surface area contributed by atoms with Crippen LogP contribution in [0.1, 0.15) is 72.1 Å². The first-order valence-electron chi connectivity index (χ1n) is 12.3. The van der Waals surface area contributed by atoms with E-state index < -0.39 is 0 Å². The molecule has 1 saturated heterocycles. The average molecular weight is 464 g/mol. The first kappa shape index (κ1) is 24.0. The molecule has 0 radical (unpaired) electrons. The van der Waals surface area contributed by atoms with Crippen LogP contribution in [0.4, 0.5) is 0 Å². The summed E-state index contributed by atoms with van der Waals surface area (Å²) >= 11 is 0. The molecule has 7 nitrogen and oxygen atoms in total. The summed E-state index contributed by atoms with van der Waals surface area (Å²) in [6, 6.07) is 6.00.